The molecule has 1 atom stereocenters. The molecule has 2 nitrogen and oxygen atoms in total. The average molecular weight is 113 g/mol. The van der Waals surface area contributed by atoms with Crippen molar-refractivity contribution in [3.05, 3.63) is 7.05 Å². The van der Waals surface area contributed by atoms with Crippen molar-refractivity contribution in [2.75, 3.05) is 19.8 Å². The van der Waals surface area contributed by atoms with Gasteiger partial charge in [-0.25, -0.2) is 0 Å². The minimum Gasteiger partial charge on any atom is -0.381 e. The van der Waals surface area contributed by atoms with Crippen molar-refractivity contribution >= 4 is 0 Å². The van der Waals surface area contributed by atoms with Crippen LogP contribution in [0.1, 0.15) is 6.42 Å². The summed E-state index contributed by atoms with van der Waals surface area (Å²) in [5, 5.41) is 2.63. The van der Waals surface area contributed by atoms with E-state index in [-0.39, 0.29) is 0 Å². The first-order chi connectivity index (χ1) is 3.93. The summed E-state index contributed by atoms with van der Waals surface area (Å²) >= 11 is 0. The van der Waals surface area contributed by atoms with Gasteiger partial charge in [-0.05, 0) is 12.3 Å². The van der Waals surface area contributed by atoms with Crippen molar-refractivity contribution in [3.8, 4) is 0 Å². The monoisotopic (exact) mass is 113 g/mol. The standard InChI is InChI=1S/C6H11NO/c1-7-4-6-2-3-8-5-6/h1,6-7H,2-5H2. The van der Waals surface area contributed by atoms with Crippen molar-refractivity contribution in [3.63, 3.8) is 0 Å². The highest BCUT2D eigenvalue weighted by molar-refractivity contribution is 4.65. The van der Waals surface area contributed by atoms with Crippen LogP contribution in [0.25, 0.3) is 0 Å². The summed E-state index contributed by atoms with van der Waals surface area (Å²) in [6.07, 6.45) is 1.16. The van der Waals surface area contributed by atoms with Crippen LogP contribution in [0.2, 0.25) is 0 Å². The van der Waals surface area contributed by atoms with Gasteiger partial charge in [0.25, 0.3) is 0 Å². The Hall–Kier alpha value is -0.0800. The van der Waals surface area contributed by atoms with Crippen LogP contribution >= 0.6 is 0 Å². The van der Waals surface area contributed by atoms with Crippen molar-refractivity contribution in [2.24, 2.45) is 5.92 Å². The first-order valence-electron chi connectivity index (χ1n) is 2.94. The minimum atomic E-state index is 0.653. The maximum Gasteiger partial charge on any atom is 0.0507 e. The molecule has 0 aromatic rings. The van der Waals surface area contributed by atoms with Crippen LogP contribution in [0.3, 0.4) is 0 Å². The van der Waals surface area contributed by atoms with E-state index < -0.39 is 0 Å². The third-order valence-corrected chi connectivity index (χ3v) is 1.43. The minimum absolute atomic E-state index is 0.653. The molecule has 1 heterocycles. The molecule has 0 amide bonds. The highest BCUT2D eigenvalue weighted by Crippen LogP contribution is 2.09. The van der Waals surface area contributed by atoms with Gasteiger partial charge >= 0.3 is 0 Å². The molecule has 8 heavy (non-hydrogen) atoms. The van der Waals surface area contributed by atoms with E-state index in [1.165, 1.54) is 0 Å². The van der Waals surface area contributed by atoms with Gasteiger partial charge in [-0.3, -0.25) is 0 Å². The van der Waals surface area contributed by atoms with E-state index in [1.54, 1.807) is 0 Å². The molecule has 0 aromatic heterocycles. The Morgan fingerprint density at radius 3 is 3.12 bits per heavy atom. The molecule has 1 unspecified atom stereocenters. The smallest absolute Gasteiger partial charge is 0.0507 e. The van der Waals surface area contributed by atoms with E-state index in [2.05, 4.69) is 5.32 Å². The molecule has 1 aliphatic heterocycles. The van der Waals surface area contributed by atoms with E-state index >= 15 is 0 Å². The molecule has 0 bridgehead atoms. The Morgan fingerprint density at radius 2 is 2.62 bits per heavy atom. The van der Waals surface area contributed by atoms with Gasteiger partial charge in [0.05, 0.1) is 6.61 Å². The quantitative estimate of drug-likeness (QED) is 0.519. The highest BCUT2D eigenvalue weighted by Gasteiger charge is 2.13. The Balaban J connectivity index is 2.06. The van der Waals surface area contributed by atoms with Gasteiger partial charge in [-0.1, -0.05) is 0 Å². The van der Waals surface area contributed by atoms with Gasteiger partial charge in [0.15, 0.2) is 0 Å². The molecule has 1 aliphatic rings. The van der Waals surface area contributed by atoms with E-state index in [4.69, 9.17) is 11.8 Å². The largest absolute Gasteiger partial charge is 0.381 e. The Labute approximate surface area is 50.2 Å². The molecule has 1 saturated heterocycles. The molecule has 1 fully saturated rings. The third-order valence-electron chi connectivity index (χ3n) is 1.43. The van der Waals surface area contributed by atoms with Crippen molar-refractivity contribution in [2.45, 2.75) is 6.42 Å². The van der Waals surface area contributed by atoms with Crippen LogP contribution in [-0.2, 0) is 4.74 Å². The fourth-order valence-corrected chi connectivity index (χ4v) is 0.911. The molecule has 0 saturated carbocycles. The highest BCUT2D eigenvalue weighted by atomic mass is 16.5. The topological polar surface area (TPSA) is 21.3 Å². The lowest BCUT2D eigenvalue weighted by molar-refractivity contribution is 0.186. The van der Waals surface area contributed by atoms with Crippen LogP contribution in [-0.4, -0.2) is 19.8 Å². The molecule has 2 heteroatoms. The summed E-state index contributed by atoms with van der Waals surface area (Å²) in [5.74, 6) is 0.653. The SMILES string of the molecule is [CH]NCC1CCOC1. The molecule has 0 aromatic carbocycles. The molecule has 1 N–H and O–H groups in total. The lowest BCUT2D eigenvalue weighted by Gasteiger charge is -2.02. The molecule has 0 aliphatic carbocycles. The van der Waals surface area contributed by atoms with Crippen molar-refractivity contribution in [1.82, 2.24) is 5.32 Å². The molecule has 0 spiro atoms. The van der Waals surface area contributed by atoms with Crippen LogP contribution in [0.4, 0.5) is 0 Å². The van der Waals surface area contributed by atoms with E-state index in [1.807, 2.05) is 0 Å². The van der Waals surface area contributed by atoms with Crippen molar-refractivity contribution in [1.29, 1.82) is 0 Å². The fourth-order valence-electron chi connectivity index (χ4n) is 0.911. The summed E-state index contributed by atoms with van der Waals surface area (Å²) in [4.78, 5) is 0. The number of hydrogen-bond acceptors (Lipinski definition) is 2. The maximum absolute atomic E-state index is 5.11. The second-order valence-corrected chi connectivity index (χ2v) is 2.14. The predicted molar refractivity (Wildman–Crippen MR) is 31.2 cm³/mol. The van der Waals surface area contributed by atoms with Crippen LogP contribution in [0, 0.1) is 13.0 Å². The van der Waals surface area contributed by atoms with Crippen molar-refractivity contribution < 1.29 is 4.74 Å². The van der Waals surface area contributed by atoms with E-state index in [0.717, 1.165) is 26.2 Å². The van der Waals surface area contributed by atoms with Gasteiger partial charge in [0.1, 0.15) is 0 Å². The normalized spacial score (nSPS) is 28.9. The van der Waals surface area contributed by atoms with Gasteiger partial charge in [-0.2, -0.15) is 0 Å². The molecule has 1 rings (SSSR count). The predicted octanol–water partition coefficient (Wildman–Crippen LogP) is 0.281. The van der Waals surface area contributed by atoms with E-state index in [9.17, 15) is 0 Å². The van der Waals surface area contributed by atoms with Gasteiger partial charge in [0.2, 0.25) is 0 Å². The second-order valence-electron chi connectivity index (χ2n) is 2.14. The summed E-state index contributed by atoms with van der Waals surface area (Å²) < 4.78 is 5.11. The number of nitrogens with one attached hydrogen (secondary N) is 1. The summed E-state index contributed by atoms with van der Waals surface area (Å²) in [6, 6.07) is 0. The molecule has 46 valence electrons. The number of ether oxygens (including phenoxy) is 1. The van der Waals surface area contributed by atoms with Crippen LogP contribution in [0.15, 0.2) is 0 Å². The fraction of sp³-hybridized carbons (Fsp3) is 0.833. The first kappa shape index (κ1) is 6.05. The molecular weight excluding hydrogens is 102 g/mol. The Kier molecular flexibility index (Phi) is 2.30. The Morgan fingerprint density at radius 1 is 1.75 bits per heavy atom. The summed E-state index contributed by atoms with van der Waals surface area (Å²) in [6.45, 7) is 2.68. The zero-order chi connectivity index (χ0) is 5.82. The summed E-state index contributed by atoms with van der Waals surface area (Å²) in [7, 11) is 5.10. The first-order valence-corrected chi connectivity index (χ1v) is 2.94. The second kappa shape index (κ2) is 3.05. The van der Waals surface area contributed by atoms with Crippen LogP contribution < -0.4 is 5.32 Å². The zero-order valence-corrected chi connectivity index (χ0v) is 4.89. The number of hydrogen-bond donors (Lipinski definition) is 1. The summed E-state index contributed by atoms with van der Waals surface area (Å²) in [5.41, 5.74) is 0. The average Bonchev–Trinajstić information content (AvgIpc) is 2.19. The molecular formula is C6H11NO. The third kappa shape index (κ3) is 1.46. The lowest BCUT2D eigenvalue weighted by Crippen LogP contribution is -2.16. The van der Waals surface area contributed by atoms with E-state index in [0.29, 0.717) is 5.92 Å². The lowest BCUT2D eigenvalue weighted by atomic mass is 10.1. The Bertz CT molecular complexity index is 59.5. The number of rotatable bonds is 2. The molecule has 2 radical (unpaired) electrons. The van der Waals surface area contributed by atoms with Gasteiger partial charge in [0, 0.05) is 20.2 Å². The zero-order valence-electron chi connectivity index (χ0n) is 4.89. The van der Waals surface area contributed by atoms with Gasteiger partial charge < -0.3 is 10.1 Å². The van der Waals surface area contributed by atoms with Gasteiger partial charge in [-0.15, -0.1) is 0 Å². The maximum atomic E-state index is 5.11. The van der Waals surface area contributed by atoms with Crippen LogP contribution in [0.5, 0.6) is 0 Å².